The number of ketones is 1. The topological polar surface area (TPSA) is 66.7 Å². The maximum absolute atomic E-state index is 12.6. The Morgan fingerprint density at radius 3 is 1.54 bits per heavy atom. The van der Waals surface area contributed by atoms with Gasteiger partial charge in [0.25, 0.3) is 11.8 Å². The average Bonchev–Trinajstić information content (AvgIpc) is 3.44. The molecular formula is C19H14N4O3S2. The van der Waals surface area contributed by atoms with Gasteiger partial charge in [-0.2, -0.15) is 0 Å². The number of Topliss-reactive ketones (excluding diaryl/α,β-unsaturated/α-hetero) is 1. The second-order valence-electron chi connectivity index (χ2n) is 5.83. The minimum atomic E-state index is -0.559. The van der Waals surface area contributed by atoms with E-state index in [0.29, 0.717) is 9.98 Å². The Morgan fingerprint density at radius 1 is 0.750 bits per heavy atom. The van der Waals surface area contributed by atoms with Gasteiger partial charge in [-0.15, -0.1) is 10.2 Å². The van der Waals surface area contributed by atoms with Gasteiger partial charge >= 0.3 is 5.78 Å². The number of hydrogen-bond donors (Lipinski definition) is 0. The number of nitrogens with zero attached hydrogens (tertiary/aromatic N) is 4. The summed E-state index contributed by atoms with van der Waals surface area (Å²) >= 11 is 10.8. The number of hydrazone groups is 2. The van der Waals surface area contributed by atoms with Crippen molar-refractivity contribution in [3.63, 3.8) is 0 Å². The quantitative estimate of drug-likeness (QED) is 0.718. The molecule has 0 aromatic heterocycles. The van der Waals surface area contributed by atoms with Crippen molar-refractivity contribution in [2.75, 3.05) is 13.5 Å². The van der Waals surface area contributed by atoms with E-state index in [-0.39, 0.29) is 25.3 Å². The minimum absolute atomic E-state index is 0.0498. The van der Waals surface area contributed by atoms with Gasteiger partial charge in [-0.25, -0.2) is 10.0 Å². The first-order chi connectivity index (χ1) is 13.6. The van der Waals surface area contributed by atoms with Crippen molar-refractivity contribution < 1.29 is 14.3 Å². The molecule has 4 rings (SSSR count). The molecule has 0 saturated heterocycles. The van der Waals surface area contributed by atoms with E-state index in [1.165, 1.54) is 10.0 Å². The minimum Gasteiger partial charge on any atom is -0.450 e. The zero-order chi connectivity index (χ0) is 19.5. The molecule has 28 heavy (non-hydrogen) atoms. The summed E-state index contributed by atoms with van der Waals surface area (Å²) in [5.74, 6) is -0.800. The number of thiocarbonyl (C=S) groups is 2. The molecular weight excluding hydrogens is 396 g/mol. The third-order valence-corrected chi connectivity index (χ3v) is 4.86. The summed E-state index contributed by atoms with van der Waals surface area (Å²) in [5, 5.41) is 11.2. The molecule has 0 aliphatic carbocycles. The molecule has 2 aromatic rings. The lowest BCUT2D eigenvalue weighted by molar-refractivity contribution is -0.109. The largest absolute Gasteiger partial charge is 0.450 e. The highest BCUT2D eigenvalue weighted by Gasteiger charge is 2.33. The number of ether oxygens (including phenoxy) is 2. The first-order valence-electron chi connectivity index (χ1n) is 8.35. The fourth-order valence-electron chi connectivity index (χ4n) is 2.56. The number of carbonyl (C=O) groups is 1. The third-order valence-electron chi connectivity index (χ3n) is 3.97. The van der Waals surface area contributed by atoms with Gasteiger partial charge in [0.15, 0.2) is 13.5 Å². The van der Waals surface area contributed by atoms with E-state index in [1.807, 2.05) is 60.7 Å². The Bertz CT molecular complexity index is 913. The van der Waals surface area contributed by atoms with Gasteiger partial charge in [0.1, 0.15) is 9.98 Å². The molecule has 2 aliphatic heterocycles. The van der Waals surface area contributed by atoms with Gasteiger partial charge in [-0.05, 0) is 0 Å². The molecule has 0 spiro atoms. The summed E-state index contributed by atoms with van der Waals surface area (Å²) in [7, 11) is 0. The Hall–Kier alpha value is -3.17. The first-order valence-corrected chi connectivity index (χ1v) is 9.16. The molecule has 140 valence electrons. The molecule has 0 radical (unpaired) electrons. The summed E-state index contributed by atoms with van der Waals surface area (Å²) in [5.41, 5.74) is 1.62. The second kappa shape index (κ2) is 7.83. The molecule has 7 nitrogen and oxygen atoms in total. The summed E-state index contributed by atoms with van der Waals surface area (Å²) in [6.07, 6.45) is 0. The van der Waals surface area contributed by atoms with E-state index in [1.54, 1.807) is 0 Å². The van der Waals surface area contributed by atoms with Crippen LogP contribution in [0.1, 0.15) is 11.1 Å². The maximum atomic E-state index is 12.6. The average molecular weight is 410 g/mol. The van der Waals surface area contributed by atoms with Crippen LogP contribution in [0.3, 0.4) is 0 Å². The molecule has 0 bridgehead atoms. The molecule has 2 heterocycles. The molecule has 0 fully saturated rings. The lowest BCUT2D eigenvalue weighted by Gasteiger charge is -2.12. The molecule has 0 amide bonds. The normalized spacial score (nSPS) is 15.4. The van der Waals surface area contributed by atoms with Gasteiger partial charge in [0.2, 0.25) is 0 Å². The van der Waals surface area contributed by atoms with E-state index in [2.05, 4.69) is 10.2 Å². The SMILES string of the molecule is O=C(C1=NN(C(=S)c2ccccc2)CO1)C1=NN(C(=S)c2ccccc2)CO1. The highest BCUT2D eigenvalue weighted by atomic mass is 32.1. The fourth-order valence-corrected chi connectivity index (χ4v) is 3.02. The van der Waals surface area contributed by atoms with Crippen LogP contribution in [0.2, 0.25) is 0 Å². The lowest BCUT2D eigenvalue weighted by atomic mass is 10.2. The van der Waals surface area contributed by atoms with Crippen LogP contribution >= 0.6 is 24.4 Å². The van der Waals surface area contributed by atoms with Crippen LogP contribution in [0, 0.1) is 0 Å². The zero-order valence-corrected chi connectivity index (χ0v) is 16.2. The predicted molar refractivity (Wildman–Crippen MR) is 112 cm³/mol. The Morgan fingerprint density at radius 2 is 1.14 bits per heavy atom. The van der Waals surface area contributed by atoms with Crippen molar-refractivity contribution in [3.8, 4) is 0 Å². The monoisotopic (exact) mass is 410 g/mol. The third kappa shape index (κ3) is 3.62. The lowest BCUT2D eigenvalue weighted by Crippen LogP contribution is -2.24. The van der Waals surface area contributed by atoms with Crippen molar-refractivity contribution >= 4 is 52.0 Å². The Labute approximate surface area is 171 Å². The van der Waals surface area contributed by atoms with Crippen LogP contribution in [0.4, 0.5) is 0 Å². The van der Waals surface area contributed by atoms with Crippen molar-refractivity contribution in [2.24, 2.45) is 10.2 Å². The van der Waals surface area contributed by atoms with Crippen LogP contribution in [0.5, 0.6) is 0 Å². The summed E-state index contributed by atoms with van der Waals surface area (Å²) in [6, 6.07) is 18.7. The van der Waals surface area contributed by atoms with Crippen molar-refractivity contribution in [1.82, 2.24) is 10.0 Å². The molecule has 0 N–H and O–H groups in total. The number of carbonyl (C=O) groups excluding carboxylic acids is 1. The van der Waals surface area contributed by atoms with E-state index >= 15 is 0 Å². The zero-order valence-electron chi connectivity index (χ0n) is 14.5. The van der Waals surface area contributed by atoms with Crippen LogP contribution in [0.25, 0.3) is 0 Å². The van der Waals surface area contributed by atoms with Crippen LogP contribution in [-0.2, 0) is 14.3 Å². The standard InChI is InChI=1S/C19H14N4O3S2/c24-15(16-20-22(11-25-16)18(27)13-7-3-1-4-8-13)17-21-23(12-26-17)19(28)14-9-5-2-6-10-14/h1-10H,11-12H2. The van der Waals surface area contributed by atoms with Gasteiger partial charge < -0.3 is 9.47 Å². The van der Waals surface area contributed by atoms with E-state index in [9.17, 15) is 4.79 Å². The van der Waals surface area contributed by atoms with Crippen LogP contribution in [-0.4, -0.2) is 51.0 Å². The molecule has 2 aliphatic rings. The summed E-state index contributed by atoms with van der Waals surface area (Å²) in [4.78, 5) is 13.5. The molecule has 0 unspecified atom stereocenters. The van der Waals surface area contributed by atoms with Crippen LogP contribution < -0.4 is 0 Å². The van der Waals surface area contributed by atoms with Gasteiger partial charge in [0.05, 0.1) is 0 Å². The Kier molecular flexibility index (Phi) is 5.09. The van der Waals surface area contributed by atoms with Gasteiger partial charge in [-0.1, -0.05) is 85.1 Å². The molecule has 0 saturated carbocycles. The molecule has 9 heteroatoms. The predicted octanol–water partition coefficient (Wildman–Crippen LogP) is 2.51. The van der Waals surface area contributed by atoms with Crippen molar-refractivity contribution in [1.29, 1.82) is 0 Å². The van der Waals surface area contributed by atoms with Gasteiger partial charge in [-0.3, -0.25) is 4.79 Å². The highest BCUT2D eigenvalue weighted by Crippen LogP contribution is 2.15. The highest BCUT2D eigenvalue weighted by molar-refractivity contribution is 7.80. The molecule has 0 atom stereocenters. The smallest absolute Gasteiger partial charge is 0.305 e. The van der Waals surface area contributed by atoms with E-state index in [0.717, 1.165) is 11.1 Å². The Balaban J connectivity index is 1.46. The summed E-state index contributed by atoms with van der Waals surface area (Å²) < 4.78 is 10.8. The number of hydrogen-bond acceptors (Lipinski definition) is 7. The maximum Gasteiger partial charge on any atom is 0.305 e. The van der Waals surface area contributed by atoms with E-state index < -0.39 is 5.78 Å². The van der Waals surface area contributed by atoms with Crippen molar-refractivity contribution in [3.05, 3.63) is 71.8 Å². The summed E-state index contributed by atoms with van der Waals surface area (Å²) in [6.45, 7) is 0.0996. The number of rotatable bonds is 4. The van der Waals surface area contributed by atoms with Gasteiger partial charge in [0, 0.05) is 11.1 Å². The van der Waals surface area contributed by atoms with Crippen molar-refractivity contribution in [2.45, 2.75) is 0 Å². The first kappa shape index (κ1) is 18.2. The number of benzene rings is 2. The second-order valence-corrected chi connectivity index (χ2v) is 6.60. The fraction of sp³-hybridized carbons (Fsp3) is 0.105. The van der Waals surface area contributed by atoms with E-state index in [4.69, 9.17) is 33.9 Å². The molecule has 2 aromatic carbocycles. The van der Waals surface area contributed by atoms with Crippen LogP contribution in [0.15, 0.2) is 70.9 Å².